The molecule has 2 saturated heterocycles. The summed E-state index contributed by atoms with van der Waals surface area (Å²) in [7, 11) is 0. The highest BCUT2D eigenvalue weighted by molar-refractivity contribution is 5.77. The standard InChI is InChI=1S/C13H20FN3O/c14-11-6-12(7-15)17(9-11)13(18)4-3-10-2-1-5-16-8-10/h10-12,16H,1-6,8-9H2. The first kappa shape index (κ1) is 13.3. The Bertz CT molecular complexity index is 336. The number of rotatable bonds is 3. The third-order valence-electron chi connectivity index (χ3n) is 3.88. The molecule has 2 heterocycles. The zero-order valence-corrected chi connectivity index (χ0v) is 10.6. The number of alkyl halides is 1. The van der Waals surface area contributed by atoms with Gasteiger partial charge in [-0.25, -0.2) is 4.39 Å². The molecule has 100 valence electrons. The first-order valence-electron chi connectivity index (χ1n) is 6.74. The maximum atomic E-state index is 13.2. The SMILES string of the molecule is N#CC1CC(F)CN1C(=O)CCC1CCCNC1. The number of halogens is 1. The van der Waals surface area contributed by atoms with Crippen LogP contribution in [0.3, 0.4) is 0 Å². The lowest BCUT2D eigenvalue weighted by Crippen LogP contribution is -2.36. The van der Waals surface area contributed by atoms with E-state index in [-0.39, 0.29) is 18.9 Å². The Hall–Kier alpha value is -1.15. The molecule has 0 aliphatic carbocycles. The Balaban J connectivity index is 1.78. The van der Waals surface area contributed by atoms with Crippen LogP contribution in [-0.2, 0) is 4.79 Å². The molecule has 2 rings (SSSR count). The predicted molar refractivity (Wildman–Crippen MR) is 65.5 cm³/mol. The van der Waals surface area contributed by atoms with Crippen molar-refractivity contribution in [1.82, 2.24) is 10.2 Å². The van der Waals surface area contributed by atoms with Gasteiger partial charge in [0.1, 0.15) is 12.2 Å². The van der Waals surface area contributed by atoms with Crippen LogP contribution in [-0.4, -0.2) is 42.7 Å². The summed E-state index contributed by atoms with van der Waals surface area (Å²) in [6.45, 7) is 2.14. The molecular formula is C13H20FN3O. The maximum absolute atomic E-state index is 13.2. The summed E-state index contributed by atoms with van der Waals surface area (Å²) >= 11 is 0. The number of amides is 1. The van der Waals surface area contributed by atoms with Crippen LogP contribution in [0.2, 0.25) is 0 Å². The summed E-state index contributed by atoms with van der Waals surface area (Å²) in [5.41, 5.74) is 0. The van der Waals surface area contributed by atoms with Crippen molar-refractivity contribution in [2.24, 2.45) is 5.92 Å². The van der Waals surface area contributed by atoms with Crippen LogP contribution in [0.5, 0.6) is 0 Å². The molecule has 4 nitrogen and oxygen atoms in total. The molecule has 1 N–H and O–H groups in total. The number of nitrogens with zero attached hydrogens (tertiary/aromatic N) is 2. The van der Waals surface area contributed by atoms with E-state index < -0.39 is 12.2 Å². The molecule has 0 aromatic heterocycles. The van der Waals surface area contributed by atoms with Gasteiger partial charge >= 0.3 is 0 Å². The molecule has 0 radical (unpaired) electrons. The molecule has 3 unspecified atom stereocenters. The van der Waals surface area contributed by atoms with Crippen molar-refractivity contribution in [1.29, 1.82) is 5.26 Å². The van der Waals surface area contributed by atoms with Crippen molar-refractivity contribution < 1.29 is 9.18 Å². The van der Waals surface area contributed by atoms with E-state index in [4.69, 9.17) is 5.26 Å². The minimum absolute atomic E-state index is 0.0627. The summed E-state index contributed by atoms with van der Waals surface area (Å²) in [4.78, 5) is 13.4. The molecule has 0 bridgehead atoms. The fourth-order valence-electron chi connectivity index (χ4n) is 2.82. The van der Waals surface area contributed by atoms with E-state index in [0.29, 0.717) is 12.3 Å². The number of hydrogen-bond acceptors (Lipinski definition) is 3. The van der Waals surface area contributed by atoms with E-state index in [1.807, 2.05) is 6.07 Å². The number of hydrogen-bond donors (Lipinski definition) is 1. The van der Waals surface area contributed by atoms with E-state index in [2.05, 4.69) is 5.32 Å². The van der Waals surface area contributed by atoms with Crippen LogP contribution in [0.4, 0.5) is 4.39 Å². The molecule has 0 aromatic rings. The topological polar surface area (TPSA) is 56.1 Å². The molecule has 0 spiro atoms. The fourth-order valence-corrected chi connectivity index (χ4v) is 2.82. The van der Waals surface area contributed by atoms with Crippen molar-refractivity contribution >= 4 is 5.91 Å². The second-order valence-electron chi connectivity index (χ2n) is 5.28. The number of nitrogens with one attached hydrogen (secondary N) is 1. The molecule has 2 fully saturated rings. The summed E-state index contributed by atoms with van der Waals surface area (Å²) < 4.78 is 13.2. The fraction of sp³-hybridized carbons (Fsp3) is 0.846. The predicted octanol–water partition coefficient (Wildman–Crippen LogP) is 1.23. The van der Waals surface area contributed by atoms with E-state index in [1.165, 1.54) is 4.90 Å². The Morgan fingerprint density at radius 1 is 1.56 bits per heavy atom. The summed E-state index contributed by atoms with van der Waals surface area (Å²) in [6.07, 6.45) is 2.75. The van der Waals surface area contributed by atoms with Gasteiger partial charge in [-0.3, -0.25) is 4.79 Å². The number of likely N-dealkylation sites (tertiary alicyclic amines) is 1. The van der Waals surface area contributed by atoms with Crippen molar-refractivity contribution in [3.05, 3.63) is 0 Å². The maximum Gasteiger partial charge on any atom is 0.223 e. The first-order valence-corrected chi connectivity index (χ1v) is 6.74. The molecule has 0 saturated carbocycles. The number of carbonyl (C=O) groups is 1. The Morgan fingerprint density at radius 3 is 3.06 bits per heavy atom. The number of nitriles is 1. The van der Waals surface area contributed by atoms with Gasteiger partial charge in [0.25, 0.3) is 0 Å². The van der Waals surface area contributed by atoms with E-state index in [0.717, 1.165) is 32.4 Å². The zero-order valence-electron chi connectivity index (χ0n) is 10.6. The van der Waals surface area contributed by atoms with Crippen LogP contribution >= 0.6 is 0 Å². The van der Waals surface area contributed by atoms with Crippen LogP contribution in [0.25, 0.3) is 0 Å². The number of piperidine rings is 1. The molecular weight excluding hydrogens is 233 g/mol. The van der Waals surface area contributed by atoms with Crippen LogP contribution in [0, 0.1) is 17.2 Å². The van der Waals surface area contributed by atoms with Gasteiger partial charge in [0.15, 0.2) is 0 Å². The van der Waals surface area contributed by atoms with Gasteiger partial charge in [-0.1, -0.05) is 0 Å². The van der Waals surface area contributed by atoms with Gasteiger partial charge < -0.3 is 10.2 Å². The van der Waals surface area contributed by atoms with Crippen LogP contribution < -0.4 is 5.32 Å². The highest BCUT2D eigenvalue weighted by Crippen LogP contribution is 2.23. The smallest absolute Gasteiger partial charge is 0.223 e. The largest absolute Gasteiger partial charge is 0.324 e. The van der Waals surface area contributed by atoms with E-state index in [1.54, 1.807) is 0 Å². The molecule has 18 heavy (non-hydrogen) atoms. The average molecular weight is 253 g/mol. The normalized spacial score (nSPS) is 32.2. The number of carbonyl (C=O) groups excluding carboxylic acids is 1. The lowest BCUT2D eigenvalue weighted by atomic mass is 9.94. The minimum atomic E-state index is -1.03. The van der Waals surface area contributed by atoms with Crippen LogP contribution in [0.1, 0.15) is 32.1 Å². The summed E-state index contributed by atoms with van der Waals surface area (Å²) in [5.74, 6) is 0.485. The van der Waals surface area contributed by atoms with Gasteiger partial charge in [-0.15, -0.1) is 0 Å². The van der Waals surface area contributed by atoms with Crippen molar-refractivity contribution in [2.75, 3.05) is 19.6 Å². The summed E-state index contributed by atoms with van der Waals surface area (Å²) in [5, 5.41) is 12.2. The molecule has 5 heteroatoms. The van der Waals surface area contributed by atoms with Crippen molar-refractivity contribution in [2.45, 2.75) is 44.3 Å². The van der Waals surface area contributed by atoms with Crippen molar-refractivity contribution in [3.63, 3.8) is 0 Å². The first-order chi connectivity index (χ1) is 8.70. The summed E-state index contributed by atoms with van der Waals surface area (Å²) in [6, 6.07) is 1.46. The van der Waals surface area contributed by atoms with Crippen molar-refractivity contribution in [3.8, 4) is 6.07 Å². The third kappa shape index (κ3) is 3.20. The van der Waals surface area contributed by atoms with Gasteiger partial charge in [0, 0.05) is 12.8 Å². The zero-order chi connectivity index (χ0) is 13.0. The molecule has 0 aromatic carbocycles. The molecule has 2 aliphatic rings. The van der Waals surface area contributed by atoms with Gasteiger partial charge in [-0.05, 0) is 38.3 Å². The molecule has 2 aliphatic heterocycles. The quantitative estimate of drug-likeness (QED) is 0.823. The molecule has 3 atom stereocenters. The Labute approximate surface area is 107 Å². The lowest BCUT2D eigenvalue weighted by Gasteiger charge is -2.24. The monoisotopic (exact) mass is 253 g/mol. The minimum Gasteiger partial charge on any atom is -0.324 e. The Morgan fingerprint density at radius 2 is 2.39 bits per heavy atom. The average Bonchev–Trinajstić information content (AvgIpc) is 2.78. The van der Waals surface area contributed by atoms with Crippen LogP contribution in [0.15, 0.2) is 0 Å². The Kier molecular flexibility index (Phi) is 4.54. The highest BCUT2D eigenvalue weighted by Gasteiger charge is 2.35. The van der Waals surface area contributed by atoms with Gasteiger partial charge in [0.2, 0.25) is 5.91 Å². The van der Waals surface area contributed by atoms with Gasteiger partial charge in [0.05, 0.1) is 12.6 Å². The lowest BCUT2D eigenvalue weighted by molar-refractivity contribution is -0.131. The highest BCUT2D eigenvalue weighted by atomic mass is 19.1. The van der Waals surface area contributed by atoms with Gasteiger partial charge in [-0.2, -0.15) is 5.26 Å². The second kappa shape index (κ2) is 6.14. The second-order valence-corrected chi connectivity index (χ2v) is 5.28. The third-order valence-corrected chi connectivity index (χ3v) is 3.88. The molecule has 1 amide bonds. The van der Waals surface area contributed by atoms with E-state index >= 15 is 0 Å². The van der Waals surface area contributed by atoms with E-state index in [9.17, 15) is 9.18 Å².